The van der Waals surface area contributed by atoms with Crippen LogP contribution in [0.15, 0.2) is 48.5 Å². The molecule has 212 valence electrons. The van der Waals surface area contributed by atoms with Crippen molar-refractivity contribution in [2.75, 3.05) is 17.6 Å². The fourth-order valence-electron chi connectivity index (χ4n) is 5.33. The number of nitrogens with two attached hydrogens (primary N) is 1. The summed E-state index contributed by atoms with van der Waals surface area (Å²) in [5.74, 6) is -0.253. The Balaban J connectivity index is 1.54. The molecule has 40 heavy (non-hydrogen) atoms. The van der Waals surface area contributed by atoms with E-state index in [1.807, 2.05) is 20.8 Å². The number of aromatic hydroxyl groups is 1. The van der Waals surface area contributed by atoms with Gasteiger partial charge in [-0.1, -0.05) is 38.4 Å². The van der Waals surface area contributed by atoms with Crippen LogP contribution in [0.2, 0.25) is 5.02 Å². The van der Waals surface area contributed by atoms with E-state index in [0.29, 0.717) is 58.2 Å². The lowest BCUT2D eigenvalue weighted by atomic mass is 9.71. The molecule has 2 aromatic carbocycles. The summed E-state index contributed by atoms with van der Waals surface area (Å²) in [6.45, 7) is 5.23. The zero-order valence-electron chi connectivity index (χ0n) is 22.6. The second-order valence-corrected chi connectivity index (χ2v) is 11.3. The number of phenolic OH excluding ortho intramolecular Hbond substituents is 1. The van der Waals surface area contributed by atoms with Crippen molar-refractivity contribution in [3.05, 3.63) is 64.7 Å². The molecule has 1 atom stereocenters. The number of carboxylic acid groups (broad SMARTS) is 1. The summed E-state index contributed by atoms with van der Waals surface area (Å²) in [5, 5.41) is 26.7. The number of alkyl halides is 1. The molecule has 1 saturated heterocycles. The lowest BCUT2D eigenvalue weighted by molar-refractivity contribution is -0.137. The predicted molar refractivity (Wildman–Crippen MR) is 153 cm³/mol. The molecule has 9 nitrogen and oxygen atoms in total. The quantitative estimate of drug-likeness (QED) is 0.217. The number of carbonyl (C=O) groups excluding carboxylic acids is 1. The Morgan fingerprint density at radius 3 is 2.55 bits per heavy atom. The fourth-order valence-corrected chi connectivity index (χ4v) is 5.52. The van der Waals surface area contributed by atoms with E-state index in [2.05, 4.69) is 15.6 Å². The van der Waals surface area contributed by atoms with Gasteiger partial charge in [0.25, 0.3) is 0 Å². The molecule has 0 spiro atoms. The van der Waals surface area contributed by atoms with Crippen LogP contribution >= 0.6 is 11.6 Å². The van der Waals surface area contributed by atoms with Crippen LogP contribution in [0.4, 0.5) is 26.4 Å². The second kappa shape index (κ2) is 11.2. The number of benzene rings is 2. The number of pyridine rings is 1. The molecule has 1 fully saturated rings. The molecule has 2 amide bonds. The molecule has 0 aliphatic carbocycles. The summed E-state index contributed by atoms with van der Waals surface area (Å²) in [5.41, 5.74) is 7.28. The molecular weight excluding hydrogens is 537 g/mol. The average Bonchev–Trinajstić information content (AvgIpc) is 3.37. The van der Waals surface area contributed by atoms with Crippen molar-refractivity contribution in [1.82, 2.24) is 15.2 Å². The molecule has 0 radical (unpaired) electrons. The normalized spacial score (nSPS) is 17.1. The highest BCUT2D eigenvalue weighted by Gasteiger charge is 2.57. The number of likely N-dealkylation sites (tertiary alicyclic amines) is 1. The van der Waals surface area contributed by atoms with Gasteiger partial charge >= 0.3 is 6.09 Å². The molecule has 0 saturated carbocycles. The van der Waals surface area contributed by atoms with Gasteiger partial charge in [0, 0.05) is 46.2 Å². The molecule has 1 aliphatic rings. The summed E-state index contributed by atoms with van der Waals surface area (Å²) in [7, 11) is 0. The minimum absolute atomic E-state index is 0.0255. The summed E-state index contributed by atoms with van der Waals surface area (Å²) in [4.78, 5) is 31.1. The van der Waals surface area contributed by atoms with Crippen molar-refractivity contribution in [1.29, 1.82) is 0 Å². The van der Waals surface area contributed by atoms with Crippen molar-refractivity contribution in [3.8, 4) is 17.0 Å². The third-order valence-electron chi connectivity index (χ3n) is 7.44. The first kappa shape index (κ1) is 28.9. The smallest absolute Gasteiger partial charge is 0.408 e. The lowest BCUT2D eigenvalue weighted by Crippen LogP contribution is -2.63. The Morgan fingerprint density at radius 2 is 1.90 bits per heavy atom. The van der Waals surface area contributed by atoms with Gasteiger partial charge in [0.05, 0.1) is 5.69 Å². The first-order valence-electron chi connectivity index (χ1n) is 12.9. The van der Waals surface area contributed by atoms with Crippen LogP contribution < -0.4 is 16.4 Å². The Bertz CT molecular complexity index is 1440. The van der Waals surface area contributed by atoms with E-state index in [0.717, 1.165) is 0 Å². The van der Waals surface area contributed by atoms with Crippen LogP contribution in [0.1, 0.15) is 44.7 Å². The third kappa shape index (κ3) is 5.49. The Labute approximate surface area is 237 Å². The molecule has 11 heteroatoms. The van der Waals surface area contributed by atoms with E-state index in [1.165, 1.54) is 11.0 Å². The number of nitrogens with one attached hydrogen (secondary N) is 2. The van der Waals surface area contributed by atoms with Gasteiger partial charge in [-0.3, -0.25) is 9.69 Å². The van der Waals surface area contributed by atoms with Gasteiger partial charge in [-0.25, -0.2) is 14.2 Å². The van der Waals surface area contributed by atoms with Crippen molar-refractivity contribution in [3.63, 3.8) is 0 Å². The fraction of sp³-hybridized carbons (Fsp3) is 0.345. The molecule has 6 N–H and O–H groups in total. The van der Waals surface area contributed by atoms with E-state index >= 15 is 0 Å². The van der Waals surface area contributed by atoms with Crippen LogP contribution in [0.3, 0.4) is 0 Å². The minimum Gasteiger partial charge on any atom is -0.507 e. The number of nitrogen functional groups attached to an aromatic ring is 1. The van der Waals surface area contributed by atoms with E-state index in [-0.39, 0.29) is 24.0 Å². The zero-order valence-corrected chi connectivity index (χ0v) is 23.3. The van der Waals surface area contributed by atoms with Crippen LogP contribution in [-0.2, 0) is 18.0 Å². The maximum atomic E-state index is 13.5. The number of aromatic nitrogens is 1. The van der Waals surface area contributed by atoms with Gasteiger partial charge < -0.3 is 26.6 Å². The van der Waals surface area contributed by atoms with E-state index in [9.17, 15) is 24.2 Å². The summed E-state index contributed by atoms with van der Waals surface area (Å²) < 4.78 is 13.5. The van der Waals surface area contributed by atoms with Gasteiger partial charge in [-0.15, -0.1) is 0 Å². The van der Waals surface area contributed by atoms with Crippen LogP contribution in [0, 0.1) is 5.41 Å². The number of rotatable bonds is 7. The lowest BCUT2D eigenvalue weighted by Gasteiger charge is -2.45. The Kier molecular flexibility index (Phi) is 8.11. The average molecular weight is 570 g/mol. The molecule has 1 aliphatic heterocycles. The topological polar surface area (TPSA) is 141 Å². The zero-order chi connectivity index (χ0) is 29.2. The van der Waals surface area contributed by atoms with Gasteiger partial charge in [0.1, 0.15) is 23.8 Å². The number of hydrogen-bond acceptors (Lipinski definition) is 6. The van der Waals surface area contributed by atoms with Gasteiger partial charge in [-0.2, -0.15) is 0 Å². The molecule has 1 aromatic heterocycles. The molecular formula is C29H33ClFN5O4. The number of carbonyl (C=O) groups is 2. The Hall–Kier alpha value is -4.05. The van der Waals surface area contributed by atoms with E-state index < -0.39 is 23.7 Å². The number of amides is 2. The third-order valence-corrected chi connectivity index (χ3v) is 7.68. The van der Waals surface area contributed by atoms with Crippen LogP contribution in [0.5, 0.6) is 5.75 Å². The van der Waals surface area contributed by atoms with Crippen molar-refractivity contribution >= 4 is 40.8 Å². The van der Waals surface area contributed by atoms with Crippen LogP contribution in [-0.4, -0.2) is 44.2 Å². The number of halogens is 2. The number of nitrogens with zero attached hydrogens (tertiary/aromatic N) is 2. The molecule has 0 bridgehead atoms. The highest BCUT2D eigenvalue weighted by molar-refractivity contribution is 6.30. The number of hydrogen-bond donors (Lipinski definition) is 5. The number of phenols is 1. The highest BCUT2D eigenvalue weighted by Crippen LogP contribution is 2.44. The standard InChI is InChI=1S/C29H33ClFN5O4/c1-28(2,3)29(11-4-12-36(29)27(39)40)26(38)33-16-17-5-8-23(35-25(17)32)21-14-20(7-10-24(21)37)34-22-9-6-19(30)13-18(22)15-31/h5-10,13-14,34,37H,4,11-12,15-16H2,1-3H3,(H2,32,35)(H,33,38)(H,39,40)/t29-/m1/s1. The summed E-state index contributed by atoms with van der Waals surface area (Å²) >= 11 is 5.97. The maximum Gasteiger partial charge on any atom is 0.408 e. The van der Waals surface area contributed by atoms with E-state index in [1.54, 1.807) is 42.5 Å². The second-order valence-electron chi connectivity index (χ2n) is 10.9. The first-order valence-corrected chi connectivity index (χ1v) is 13.2. The minimum atomic E-state index is -1.20. The predicted octanol–water partition coefficient (Wildman–Crippen LogP) is 6.08. The van der Waals surface area contributed by atoms with Crippen molar-refractivity contribution in [2.45, 2.75) is 52.4 Å². The Morgan fingerprint density at radius 1 is 1.15 bits per heavy atom. The molecule has 0 unspecified atom stereocenters. The monoisotopic (exact) mass is 569 g/mol. The largest absolute Gasteiger partial charge is 0.507 e. The SMILES string of the molecule is CC(C)(C)[C@]1(C(=O)NCc2ccc(-c3cc(Nc4ccc(Cl)cc4CF)ccc3O)nc2N)CCCN1C(=O)O. The highest BCUT2D eigenvalue weighted by atomic mass is 35.5. The number of anilines is 3. The molecule has 3 aromatic rings. The summed E-state index contributed by atoms with van der Waals surface area (Å²) in [6, 6.07) is 13.1. The van der Waals surface area contributed by atoms with Gasteiger partial charge in [0.15, 0.2) is 0 Å². The first-order chi connectivity index (χ1) is 18.9. The van der Waals surface area contributed by atoms with Crippen molar-refractivity contribution < 1.29 is 24.2 Å². The van der Waals surface area contributed by atoms with E-state index in [4.69, 9.17) is 17.3 Å². The van der Waals surface area contributed by atoms with Gasteiger partial charge in [0.2, 0.25) is 5.91 Å². The van der Waals surface area contributed by atoms with Crippen molar-refractivity contribution in [2.24, 2.45) is 5.41 Å². The van der Waals surface area contributed by atoms with Gasteiger partial charge in [-0.05, 0) is 60.7 Å². The summed E-state index contributed by atoms with van der Waals surface area (Å²) in [6.07, 6.45) is -0.102. The molecule has 2 heterocycles. The maximum absolute atomic E-state index is 13.5. The molecule has 4 rings (SSSR count). The van der Waals surface area contributed by atoms with Crippen LogP contribution in [0.25, 0.3) is 11.3 Å².